The van der Waals surface area contributed by atoms with E-state index in [0.29, 0.717) is 30.8 Å². The number of benzene rings is 2. The Morgan fingerprint density at radius 3 is 2.56 bits per heavy atom. The maximum atomic E-state index is 13.5. The summed E-state index contributed by atoms with van der Waals surface area (Å²) in [7, 11) is 0. The highest BCUT2D eigenvalue weighted by molar-refractivity contribution is 5.99. The quantitative estimate of drug-likeness (QED) is 0.310. The second kappa shape index (κ2) is 13.0. The predicted molar refractivity (Wildman–Crippen MR) is 175 cm³/mol. The molecule has 1 saturated heterocycles. The summed E-state index contributed by atoms with van der Waals surface area (Å²) in [6, 6.07) is 17.4. The zero-order valence-corrected chi connectivity index (χ0v) is 26.1. The van der Waals surface area contributed by atoms with Gasteiger partial charge in [0.15, 0.2) is 0 Å². The van der Waals surface area contributed by atoms with Gasteiger partial charge in [-0.05, 0) is 82.9 Å². The van der Waals surface area contributed by atoms with E-state index >= 15 is 0 Å². The zero-order valence-electron chi connectivity index (χ0n) is 26.1. The first-order chi connectivity index (χ1) is 20.9. The highest BCUT2D eigenvalue weighted by Crippen LogP contribution is 2.40. The summed E-state index contributed by atoms with van der Waals surface area (Å²) in [6.45, 7) is 9.74. The SMILES string of the molecule is CCOc1cc(N2CCC(NCc3ccccc3)CC2)ccc1-c1nc2c(c(=O)[nH]1)CC[C@](C)(C1CCCCC1)N=C2C. The highest BCUT2D eigenvalue weighted by atomic mass is 16.5. The number of piperidine rings is 1. The molecular weight excluding hydrogens is 534 g/mol. The summed E-state index contributed by atoms with van der Waals surface area (Å²) in [5, 5.41) is 3.73. The van der Waals surface area contributed by atoms with Crippen LogP contribution in [0.25, 0.3) is 11.4 Å². The molecule has 0 unspecified atom stereocenters. The van der Waals surface area contributed by atoms with Crippen molar-refractivity contribution in [2.75, 3.05) is 24.6 Å². The minimum absolute atomic E-state index is 0.0564. The topological polar surface area (TPSA) is 82.6 Å². The summed E-state index contributed by atoms with van der Waals surface area (Å²) in [5.74, 6) is 1.88. The molecule has 2 N–H and O–H groups in total. The van der Waals surface area contributed by atoms with Gasteiger partial charge < -0.3 is 19.9 Å². The van der Waals surface area contributed by atoms with Crippen LogP contribution in [0.3, 0.4) is 0 Å². The van der Waals surface area contributed by atoms with Crippen molar-refractivity contribution < 1.29 is 4.74 Å². The van der Waals surface area contributed by atoms with Crippen molar-refractivity contribution in [3.63, 3.8) is 0 Å². The van der Waals surface area contributed by atoms with Crippen LogP contribution in [-0.4, -0.2) is 47.0 Å². The maximum Gasteiger partial charge on any atom is 0.255 e. The zero-order chi connectivity index (χ0) is 29.8. The van der Waals surface area contributed by atoms with Crippen LogP contribution in [0.15, 0.2) is 58.3 Å². The van der Waals surface area contributed by atoms with Crippen LogP contribution >= 0.6 is 0 Å². The molecule has 3 aliphatic rings. The first-order valence-electron chi connectivity index (χ1n) is 16.4. The number of aromatic nitrogens is 2. The molecular formula is C36H47N5O2. The number of nitrogens with zero attached hydrogens (tertiary/aromatic N) is 3. The number of rotatable bonds is 8. The van der Waals surface area contributed by atoms with Crippen molar-refractivity contribution in [2.24, 2.45) is 10.9 Å². The Balaban J connectivity index is 1.21. The van der Waals surface area contributed by atoms with Crippen molar-refractivity contribution in [3.05, 3.63) is 75.7 Å². The lowest BCUT2D eigenvalue weighted by molar-refractivity contribution is 0.214. The lowest BCUT2D eigenvalue weighted by atomic mass is 9.73. The smallest absolute Gasteiger partial charge is 0.255 e. The molecule has 43 heavy (non-hydrogen) atoms. The van der Waals surface area contributed by atoms with Crippen LogP contribution < -0.4 is 20.5 Å². The molecule has 1 atom stereocenters. The number of nitrogens with one attached hydrogen (secondary N) is 2. The monoisotopic (exact) mass is 581 g/mol. The van der Waals surface area contributed by atoms with Crippen molar-refractivity contribution in [3.8, 4) is 17.1 Å². The standard InChI is InChI=1S/C36H47N5O2/c1-4-43-32-23-29(41-21-18-28(19-22-41)37-24-26-11-7-5-8-12-26)15-16-30(32)34-38-33-25(2)40-36(3,27-13-9-6-10-14-27)20-17-31(33)35(42)39-34/h5,7-8,11-12,15-16,23,27-28,37H,4,6,9-10,13-14,17-22,24H2,1-3H3,(H,38,39,42)/t36-/m1/s1. The molecule has 3 heterocycles. The highest BCUT2D eigenvalue weighted by Gasteiger charge is 2.37. The van der Waals surface area contributed by atoms with Gasteiger partial charge >= 0.3 is 0 Å². The molecule has 6 rings (SSSR count). The number of ether oxygens (including phenoxy) is 1. The fourth-order valence-corrected chi connectivity index (χ4v) is 7.42. The average Bonchev–Trinajstić information content (AvgIpc) is 3.17. The van der Waals surface area contributed by atoms with E-state index in [9.17, 15) is 4.79 Å². The number of aliphatic imine (C=N–C) groups is 1. The molecule has 7 heteroatoms. The molecule has 0 amide bonds. The summed E-state index contributed by atoms with van der Waals surface area (Å²) in [6.07, 6.45) is 10.1. The second-order valence-corrected chi connectivity index (χ2v) is 12.9. The Hall–Kier alpha value is -3.45. The summed E-state index contributed by atoms with van der Waals surface area (Å²) >= 11 is 0. The Morgan fingerprint density at radius 1 is 1.05 bits per heavy atom. The van der Waals surface area contributed by atoms with Gasteiger partial charge in [0.2, 0.25) is 0 Å². The van der Waals surface area contributed by atoms with Gasteiger partial charge in [-0.1, -0.05) is 49.6 Å². The summed E-state index contributed by atoms with van der Waals surface area (Å²) < 4.78 is 6.15. The van der Waals surface area contributed by atoms with E-state index in [-0.39, 0.29) is 11.1 Å². The summed E-state index contributed by atoms with van der Waals surface area (Å²) in [5.41, 5.74) is 5.48. The van der Waals surface area contributed by atoms with Gasteiger partial charge in [0, 0.05) is 43.0 Å². The number of hydrogen-bond acceptors (Lipinski definition) is 6. The third kappa shape index (κ3) is 6.57. The Labute approximate surface area is 256 Å². The Bertz CT molecular complexity index is 1490. The summed E-state index contributed by atoms with van der Waals surface area (Å²) in [4.78, 5) is 29.4. The molecule has 1 aromatic heterocycles. The molecule has 2 aliphatic heterocycles. The van der Waals surface area contributed by atoms with E-state index in [1.54, 1.807) is 0 Å². The van der Waals surface area contributed by atoms with E-state index in [1.807, 2.05) is 13.8 Å². The first kappa shape index (κ1) is 29.6. The van der Waals surface area contributed by atoms with Crippen LogP contribution in [0.1, 0.15) is 89.0 Å². The fourth-order valence-electron chi connectivity index (χ4n) is 7.42. The molecule has 2 fully saturated rings. The fraction of sp³-hybridized carbons (Fsp3) is 0.528. The van der Waals surface area contributed by atoms with E-state index in [0.717, 1.165) is 72.9 Å². The number of hydrogen-bond donors (Lipinski definition) is 2. The van der Waals surface area contributed by atoms with Crippen molar-refractivity contribution in [2.45, 2.75) is 96.7 Å². The minimum atomic E-state index is -0.138. The molecule has 0 radical (unpaired) electrons. The lowest BCUT2D eigenvalue weighted by Crippen LogP contribution is -2.42. The van der Waals surface area contributed by atoms with Gasteiger partial charge in [-0.2, -0.15) is 0 Å². The van der Waals surface area contributed by atoms with Gasteiger partial charge in [0.05, 0.1) is 29.1 Å². The van der Waals surface area contributed by atoms with E-state index < -0.39 is 0 Å². The van der Waals surface area contributed by atoms with Crippen LogP contribution in [-0.2, 0) is 13.0 Å². The molecule has 2 aromatic carbocycles. The minimum Gasteiger partial charge on any atom is -0.493 e. The molecule has 1 aliphatic carbocycles. The predicted octanol–water partition coefficient (Wildman–Crippen LogP) is 6.69. The van der Waals surface area contributed by atoms with Crippen LogP contribution in [0.5, 0.6) is 5.75 Å². The van der Waals surface area contributed by atoms with E-state index in [2.05, 4.69) is 70.7 Å². The third-order valence-electron chi connectivity index (χ3n) is 9.97. The molecule has 0 bridgehead atoms. The largest absolute Gasteiger partial charge is 0.493 e. The Morgan fingerprint density at radius 2 is 1.81 bits per heavy atom. The number of aromatic amines is 1. The number of anilines is 1. The molecule has 3 aromatic rings. The molecule has 0 spiro atoms. The van der Waals surface area contributed by atoms with Crippen LogP contribution in [0, 0.1) is 5.92 Å². The average molecular weight is 582 g/mol. The number of fused-ring (bicyclic) bond motifs is 1. The first-order valence-corrected chi connectivity index (χ1v) is 16.4. The van der Waals surface area contributed by atoms with Gasteiger partial charge in [0.1, 0.15) is 11.6 Å². The van der Waals surface area contributed by atoms with Crippen molar-refractivity contribution >= 4 is 11.4 Å². The van der Waals surface area contributed by atoms with Gasteiger partial charge in [0.25, 0.3) is 5.56 Å². The van der Waals surface area contributed by atoms with Crippen LogP contribution in [0.4, 0.5) is 5.69 Å². The normalized spacial score (nSPS) is 21.7. The molecule has 228 valence electrons. The molecule has 7 nitrogen and oxygen atoms in total. The number of H-pyrrole nitrogens is 1. The lowest BCUT2D eigenvalue weighted by Gasteiger charge is -2.36. The van der Waals surface area contributed by atoms with Gasteiger partial charge in [-0.25, -0.2) is 4.98 Å². The Kier molecular flexibility index (Phi) is 8.98. The third-order valence-corrected chi connectivity index (χ3v) is 9.97. The van der Waals surface area contributed by atoms with Crippen molar-refractivity contribution in [1.82, 2.24) is 15.3 Å². The van der Waals surface area contributed by atoms with Crippen molar-refractivity contribution in [1.29, 1.82) is 0 Å². The van der Waals surface area contributed by atoms with Gasteiger partial charge in [-0.15, -0.1) is 0 Å². The second-order valence-electron chi connectivity index (χ2n) is 12.9. The molecule has 1 saturated carbocycles. The van der Waals surface area contributed by atoms with E-state index in [4.69, 9.17) is 14.7 Å². The van der Waals surface area contributed by atoms with E-state index in [1.165, 1.54) is 37.7 Å². The van der Waals surface area contributed by atoms with Gasteiger partial charge in [-0.3, -0.25) is 9.79 Å². The maximum absolute atomic E-state index is 13.5. The van der Waals surface area contributed by atoms with Crippen LogP contribution in [0.2, 0.25) is 0 Å².